The summed E-state index contributed by atoms with van der Waals surface area (Å²) in [6, 6.07) is 1.19. The second-order valence-electron chi connectivity index (χ2n) is 6.50. The summed E-state index contributed by atoms with van der Waals surface area (Å²) < 4.78 is 2.11. The number of fused-ring (bicyclic) bond motifs is 3. The van der Waals surface area contributed by atoms with Crippen LogP contribution < -0.4 is 5.32 Å². The summed E-state index contributed by atoms with van der Waals surface area (Å²) in [7, 11) is 2.21. The minimum Gasteiger partial charge on any atom is -0.336 e. The lowest BCUT2D eigenvalue weighted by atomic mass is 10.1. The van der Waals surface area contributed by atoms with Crippen molar-refractivity contribution in [3.63, 3.8) is 0 Å². The monoisotopic (exact) mass is 289 g/mol. The predicted molar refractivity (Wildman–Crippen MR) is 79.0 cm³/mol. The van der Waals surface area contributed by atoms with Crippen LogP contribution in [0.1, 0.15) is 35.6 Å². The van der Waals surface area contributed by atoms with Gasteiger partial charge in [-0.25, -0.2) is 4.98 Å². The highest BCUT2D eigenvalue weighted by Crippen LogP contribution is 2.29. The molecule has 4 heterocycles. The zero-order valence-electron chi connectivity index (χ0n) is 12.6. The molecule has 3 aliphatic heterocycles. The number of aromatic nitrogens is 2. The maximum atomic E-state index is 12.8. The van der Waals surface area contributed by atoms with Crippen molar-refractivity contribution in [2.75, 3.05) is 26.7 Å². The molecule has 0 aromatic carbocycles. The molecule has 2 bridgehead atoms. The van der Waals surface area contributed by atoms with Crippen molar-refractivity contribution in [3.8, 4) is 0 Å². The van der Waals surface area contributed by atoms with E-state index in [0.717, 1.165) is 45.0 Å². The number of carbonyl (C=O) groups is 1. The molecule has 0 unspecified atom stereocenters. The van der Waals surface area contributed by atoms with Crippen LogP contribution in [0.4, 0.5) is 0 Å². The molecule has 6 heteroatoms. The molecule has 114 valence electrons. The highest BCUT2D eigenvalue weighted by molar-refractivity contribution is 5.92. The third-order valence-corrected chi connectivity index (χ3v) is 5.33. The fourth-order valence-corrected chi connectivity index (χ4v) is 3.95. The van der Waals surface area contributed by atoms with Crippen molar-refractivity contribution >= 4 is 5.91 Å². The molecular weight excluding hydrogens is 266 g/mol. The number of likely N-dealkylation sites (tertiary alicyclic amines) is 1. The molecule has 1 N–H and O–H groups in total. The summed E-state index contributed by atoms with van der Waals surface area (Å²) in [5.74, 6) is 1.09. The molecule has 0 aliphatic carbocycles. The van der Waals surface area contributed by atoms with Gasteiger partial charge in [-0.05, 0) is 26.3 Å². The van der Waals surface area contributed by atoms with Gasteiger partial charge < -0.3 is 14.8 Å². The second-order valence-corrected chi connectivity index (χ2v) is 6.50. The van der Waals surface area contributed by atoms with Gasteiger partial charge in [0, 0.05) is 44.5 Å². The first-order valence-corrected chi connectivity index (χ1v) is 8.00. The highest BCUT2D eigenvalue weighted by atomic mass is 16.2. The standard InChI is InChI=1S/C15H23N5O/c1-18-11-2-3-12(18)9-20(6-4-11)15(21)13-10-19-7-5-16-8-14(19)17-13/h10-12,16H,2-9H2,1H3/t11-,12+/m0/s1. The van der Waals surface area contributed by atoms with E-state index in [9.17, 15) is 4.79 Å². The van der Waals surface area contributed by atoms with Crippen molar-refractivity contribution in [3.05, 3.63) is 17.7 Å². The van der Waals surface area contributed by atoms with E-state index in [1.54, 1.807) is 0 Å². The minimum atomic E-state index is 0.109. The molecule has 0 spiro atoms. The molecule has 21 heavy (non-hydrogen) atoms. The molecule has 1 amide bonds. The van der Waals surface area contributed by atoms with E-state index in [1.165, 1.54) is 12.8 Å². The quantitative estimate of drug-likeness (QED) is 0.808. The van der Waals surface area contributed by atoms with E-state index < -0.39 is 0 Å². The number of nitrogens with zero attached hydrogens (tertiary/aromatic N) is 4. The highest BCUT2D eigenvalue weighted by Gasteiger charge is 2.36. The average molecular weight is 289 g/mol. The van der Waals surface area contributed by atoms with Gasteiger partial charge in [0.15, 0.2) is 0 Å². The number of nitrogens with one attached hydrogen (secondary N) is 1. The number of rotatable bonds is 1. The van der Waals surface area contributed by atoms with Crippen molar-refractivity contribution in [2.45, 2.75) is 44.4 Å². The topological polar surface area (TPSA) is 53.4 Å². The lowest BCUT2D eigenvalue weighted by molar-refractivity contribution is 0.0734. The molecule has 1 aromatic heterocycles. The molecule has 0 saturated carbocycles. The predicted octanol–water partition coefficient (Wildman–Crippen LogP) is 0.295. The van der Waals surface area contributed by atoms with Crippen molar-refractivity contribution < 1.29 is 4.79 Å². The Morgan fingerprint density at radius 2 is 2.14 bits per heavy atom. The van der Waals surface area contributed by atoms with Gasteiger partial charge in [-0.2, -0.15) is 0 Å². The lowest BCUT2D eigenvalue weighted by Gasteiger charge is -2.25. The van der Waals surface area contributed by atoms with Gasteiger partial charge >= 0.3 is 0 Å². The summed E-state index contributed by atoms with van der Waals surface area (Å²) >= 11 is 0. The normalized spacial score (nSPS) is 29.3. The summed E-state index contributed by atoms with van der Waals surface area (Å²) in [6.45, 7) is 4.34. The Kier molecular flexibility index (Phi) is 3.23. The van der Waals surface area contributed by atoms with Gasteiger partial charge in [0.05, 0.1) is 6.54 Å². The number of hydrogen-bond donors (Lipinski definition) is 1. The molecule has 1 aromatic rings. The summed E-state index contributed by atoms with van der Waals surface area (Å²) in [4.78, 5) is 21.8. The van der Waals surface area contributed by atoms with Crippen LogP contribution in [0, 0.1) is 0 Å². The molecule has 2 atom stereocenters. The van der Waals surface area contributed by atoms with Gasteiger partial charge in [-0.3, -0.25) is 9.69 Å². The zero-order chi connectivity index (χ0) is 14.4. The van der Waals surface area contributed by atoms with Crippen LogP contribution in [0.25, 0.3) is 0 Å². The Balaban J connectivity index is 1.53. The van der Waals surface area contributed by atoms with E-state index in [0.29, 0.717) is 17.8 Å². The van der Waals surface area contributed by atoms with Crippen molar-refractivity contribution in [1.82, 2.24) is 24.7 Å². The third-order valence-electron chi connectivity index (χ3n) is 5.33. The zero-order valence-corrected chi connectivity index (χ0v) is 12.6. The Hall–Kier alpha value is -1.40. The number of likely N-dealkylation sites (N-methyl/N-ethyl adjacent to an activating group) is 1. The fourth-order valence-electron chi connectivity index (χ4n) is 3.95. The van der Waals surface area contributed by atoms with Gasteiger partial charge in [0.2, 0.25) is 0 Å². The van der Waals surface area contributed by atoms with Crippen LogP contribution in [-0.4, -0.2) is 64.0 Å². The largest absolute Gasteiger partial charge is 0.336 e. The van der Waals surface area contributed by atoms with E-state index in [-0.39, 0.29) is 5.91 Å². The van der Waals surface area contributed by atoms with E-state index in [2.05, 4.69) is 26.8 Å². The van der Waals surface area contributed by atoms with E-state index >= 15 is 0 Å². The van der Waals surface area contributed by atoms with Crippen LogP contribution in [0.5, 0.6) is 0 Å². The maximum Gasteiger partial charge on any atom is 0.274 e. The SMILES string of the molecule is CN1[C@H]2CC[C@@H]1CN(C(=O)c1cn3c(n1)CNCC3)CC2. The van der Waals surface area contributed by atoms with Gasteiger partial charge in [-0.15, -0.1) is 0 Å². The lowest BCUT2D eigenvalue weighted by Crippen LogP contribution is -2.39. The van der Waals surface area contributed by atoms with Gasteiger partial charge in [0.25, 0.3) is 5.91 Å². The molecular formula is C15H23N5O. The summed E-state index contributed by atoms with van der Waals surface area (Å²) in [5.41, 5.74) is 0.620. The maximum absolute atomic E-state index is 12.8. The Bertz CT molecular complexity index is 531. The van der Waals surface area contributed by atoms with Crippen LogP contribution in [0.2, 0.25) is 0 Å². The number of carbonyl (C=O) groups excluding carboxylic acids is 1. The van der Waals surface area contributed by atoms with Crippen LogP contribution in [0.15, 0.2) is 6.20 Å². The average Bonchev–Trinajstić information content (AvgIpc) is 3.00. The molecule has 2 fully saturated rings. The first kappa shape index (κ1) is 13.3. The molecule has 2 saturated heterocycles. The third kappa shape index (κ3) is 2.26. The van der Waals surface area contributed by atoms with Crippen molar-refractivity contribution in [1.29, 1.82) is 0 Å². The van der Waals surface area contributed by atoms with Gasteiger partial charge in [-0.1, -0.05) is 0 Å². The van der Waals surface area contributed by atoms with Crippen LogP contribution >= 0.6 is 0 Å². The summed E-state index contributed by atoms with van der Waals surface area (Å²) in [6.07, 6.45) is 5.53. The minimum absolute atomic E-state index is 0.109. The van der Waals surface area contributed by atoms with Gasteiger partial charge in [0.1, 0.15) is 11.5 Å². The summed E-state index contributed by atoms with van der Waals surface area (Å²) in [5, 5.41) is 3.30. The first-order valence-electron chi connectivity index (χ1n) is 8.00. The van der Waals surface area contributed by atoms with Crippen LogP contribution in [-0.2, 0) is 13.1 Å². The van der Waals surface area contributed by atoms with E-state index in [1.807, 2.05) is 11.1 Å². The number of amides is 1. The Morgan fingerprint density at radius 1 is 1.29 bits per heavy atom. The molecule has 0 radical (unpaired) electrons. The first-order chi connectivity index (χ1) is 10.2. The number of hydrogen-bond acceptors (Lipinski definition) is 4. The Morgan fingerprint density at radius 3 is 3.00 bits per heavy atom. The molecule has 3 aliphatic rings. The molecule has 4 rings (SSSR count). The second kappa shape index (κ2) is 5.10. The number of imidazole rings is 1. The van der Waals surface area contributed by atoms with Crippen molar-refractivity contribution in [2.24, 2.45) is 0 Å². The Labute approximate surface area is 125 Å². The molecule has 6 nitrogen and oxygen atoms in total. The fraction of sp³-hybridized carbons (Fsp3) is 0.733. The van der Waals surface area contributed by atoms with E-state index in [4.69, 9.17) is 0 Å². The smallest absolute Gasteiger partial charge is 0.274 e. The van der Waals surface area contributed by atoms with Crippen LogP contribution in [0.3, 0.4) is 0 Å².